The Labute approximate surface area is 185 Å². The molecule has 2 aromatic rings. The molecule has 1 aliphatic rings. The lowest BCUT2D eigenvalue weighted by Crippen LogP contribution is -2.57. The normalized spacial score (nSPS) is 15.9. The molecule has 1 atom stereocenters. The van der Waals surface area contributed by atoms with Crippen LogP contribution in [0.4, 0.5) is 0 Å². The number of rotatable bonds is 7. The van der Waals surface area contributed by atoms with Gasteiger partial charge in [-0.2, -0.15) is 0 Å². The lowest BCUT2D eigenvalue weighted by molar-refractivity contribution is -0.139. The Hall–Kier alpha value is -2.86. The summed E-state index contributed by atoms with van der Waals surface area (Å²) >= 11 is 0. The van der Waals surface area contributed by atoms with E-state index in [1.165, 1.54) is 0 Å². The molecule has 2 aromatic carbocycles. The van der Waals surface area contributed by atoms with Gasteiger partial charge in [0.2, 0.25) is 11.8 Å². The summed E-state index contributed by atoms with van der Waals surface area (Å²) in [5.41, 5.74) is 1.45. The number of hydrogen-bond donors (Lipinski definition) is 1. The number of carbonyl (C=O) groups excluding carboxylic acids is 2. The summed E-state index contributed by atoms with van der Waals surface area (Å²) in [6, 6.07) is 17.3. The lowest BCUT2D eigenvalue weighted by atomic mass is 9.83. The second-order valence-corrected chi connectivity index (χ2v) is 8.56. The second kappa shape index (κ2) is 9.96. The van der Waals surface area contributed by atoms with Gasteiger partial charge in [-0.15, -0.1) is 0 Å². The van der Waals surface area contributed by atoms with Crippen molar-refractivity contribution >= 4 is 11.8 Å². The monoisotopic (exact) mass is 423 g/mol. The minimum absolute atomic E-state index is 0.00721. The first-order valence-corrected chi connectivity index (χ1v) is 10.8. The van der Waals surface area contributed by atoms with Crippen LogP contribution in [0.1, 0.15) is 31.9 Å². The summed E-state index contributed by atoms with van der Waals surface area (Å²) < 4.78 is 5.23. The molecular formula is C25H33N3O3. The van der Waals surface area contributed by atoms with Crippen LogP contribution in [-0.4, -0.2) is 60.9 Å². The number of nitrogens with one attached hydrogen (secondary N) is 1. The third kappa shape index (κ3) is 5.44. The van der Waals surface area contributed by atoms with E-state index < -0.39 is 5.41 Å². The molecule has 0 aromatic heterocycles. The van der Waals surface area contributed by atoms with E-state index >= 15 is 0 Å². The van der Waals surface area contributed by atoms with Gasteiger partial charge in [0, 0.05) is 32.7 Å². The molecule has 6 heteroatoms. The molecule has 3 rings (SSSR count). The molecule has 1 heterocycles. The first kappa shape index (κ1) is 22.8. The Morgan fingerprint density at radius 2 is 1.71 bits per heavy atom. The van der Waals surface area contributed by atoms with E-state index in [4.69, 9.17) is 4.74 Å². The molecule has 166 valence electrons. The van der Waals surface area contributed by atoms with Gasteiger partial charge in [0.25, 0.3) is 0 Å². The highest BCUT2D eigenvalue weighted by atomic mass is 16.5. The van der Waals surface area contributed by atoms with Crippen molar-refractivity contribution in [1.29, 1.82) is 0 Å². The molecule has 0 spiro atoms. The zero-order chi connectivity index (χ0) is 22.4. The van der Waals surface area contributed by atoms with Gasteiger partial charge < -0.3 is 15.0 Å². The number of nitrogens with zero attached hydrogens (tertiary/aromatic N) is 2. The van der Waals surface area contributed by atoms with E-state index in [0.29, 0.717) is 32.7 Å². The van der Waals surface area contributed by atoms with Crippen molar-refractivity contribution in [3.8, 4) is 5.75 Å². The summed E-state index contributed by atoms with van der Waals surface area (Å²) in [5.74, 6) is 0.903. The SMILES string of the molecule is COc1cccc(CNC(=O)C(C)N2CCN(C(=O)C(C)(C)c3ccccc3)CC2)c1. The van der Waals surface area contributed by atoms with Crippen LogP contribution in [0.5, 0.6) is 5.75 Å². The van der Waals surface area contributed by atoms with E-state index in [1.807, 2.05) is 80.3 Å². The maximum Gasteiger partial charge on any atom is 0.237 e. The van der Waals surface area contributed by atoms with Crippen molar-refractivity contribution in [3.63, 3.8) is 0 Å². The van der Waals surface area contributed by atoms with Gasteiger partial charge in [-0.3, -0.25) is 14.5 Å². The molecule has 31 heavy (non-hydrogen) atoms. The highest BCUT2D eigenvalue weighted by molar-refractivity contribution is 5.87. The van der Waals surface area contributed by atoms with Crippen molar-refractivity contribution in [2.45, 2.75) is 38.8 Å². The molecule has 2 amide bonds. The average molecular weight is 424 g/mol. The highest BCUT2D eigenvalue weighted by Crippen LogP contribution is 2.26. The number of benzene rings is 2. The number of piperazine rings is 1. The van der Waals surface area contributed by atoms with Gasteiger partial charge in [0.15, 0.2) is 0 Å². The van der Waals surface area contributed by atoms with Gasteiger partial charge in [0.05, 0.1) is 18.6 Å². The molecule has 1 unspecified atom stereocenters. The van der Waals surface area contributed by atoms with Crippen LogP contribution in [-0.2, 0) is 21.5 Å². The fourth-order valence-electron chi connectivity index (χ4n) is 3.97. The Bertz CT molecular complexity index is 890. The van der Waals surface area contributed by atoms with Crippen LogP contribution in [0, 0.1) is 0 Å². The van der Waals surface area contributed by atoms with Crippen LogP contribution in [0.15, 0.2) is 54.6 Å². The summed E-state index contributed by atoms with van der Waals surface area (Å²) in [6.07, 6.45) is 0. The predicted octanol–water partition coefficient (Wildman–Crippen LogP) is 2.82. The Morgan fingerprint density at radius 3 is 2.35 bits per heavy atom. The molecule has 1 saturated heterocycles. The Kier molecular flexibility index (Phi) is 7.33. The lowest BCUT2D eigenvalue weighted by Gasteiger charge is -2.40. The van der Waals surface area contributed by atoms with Gasteiger partial charge in [0.1, 0.15) is 5.75 Å². The molecule has 1 fully saturated rings. The van der Waals surface area contributed by atoms with Crippen LogP contribution < -0.4 is 10.1 Å². The fourth-order valence-corrected chi connectivity index (χ4v) is 3.97. The van der Waals surface area contributed by atoms with Crippen molar-refractivity contribution in [3.05, 3.63) is 65.7 Å². The average Bonchev–Trinajstić information content (AvgIpc) is 2.82. The molecule has 0 saturated carbocycles. The number of hydrogen-bond acceptors (Lipinski definition) is 4. The standard InChI is InChI=1S/C25H33N3O3/c1-19(23(29)26-18-20-9-8-12-22(17-20)31-4)27-13-15-28(16-14-27)24(30)25(2,3)21-10-6-5-7-11-21/h5-12,17,19H,13-16,18H2,1-4H3,(H,26,29). The van der Waals surface area contributed by atoms with Crippen molar-refractivity contribution in [1.82, 2.24) is 15.1 Å². The molecule has 1 N–H and O–H groups in total. The van der Waals surface area contributed by atoms with E-state index in [-0.39, 0.29) is 17.9 Å². The Balaban J connectivity index is 1.51. The maximum atomic E-state index is 13.2. The third-order valence-electron chi connectivity index (χ3n) is 6.16. The van der Waals surface area contributed by atoms with Crippen LogP contribution in [0.3, 0.4) is 0 Å². The summed E-state index contributed by atoms with van der Waals surface area (Å²) in [5, 5.41) is 3.01. The summed E-state index contributed by atoms with van der Waals surface area (Å²) in [7, 11) is 1.63. The predicted molar refractivity (Wildman–Crippen MR) is 122 cm³/mol. The topological polar surface area (TPSA) is 61.9 Å². The maximum absolute atomic E-state index is 13.2. The first-order chi connectivity index (χ1) is 14.8. The molecular weight excluding hydrogens is 390 g/mol. The van der Waals surface area contributed by atoms with Gasteiger partial charge in [-0.05, 0) is 44.0 Å². The van der Waals surface area contributed by atoms with Crippen molar-refractivity contribution in [2.24, 2.45) is 0 Å². The summed E-state index contributed by atoms with van der Waals surface area (Å²) in [6.45, 7) is 8.97. The number of carbonyl (C=O) groups is 2. The Morgan fingerprint density at radius 1 is 1.03 bits per heavy atom. The minimum Gasteiger partial charge on any atom is -0.497 e. The van der Waals surface area contributed by atoms with E-state index in [1.54, 1.807) is 7.11 Å². The van der Waals surface area contributed by atoms with E-state index in [9.17, 15) is 9.59 Å². The zero-order valence-electron chi connectivity index (χ0n) is 18.9. The first-order valence-electron chi connectivity index (χ1n) is 10.8. The third-order valence-corrected chi connectivity index (χ3v) is 6.16. The quantitative estimate of drug-likeness (QED) is 0.744. The minimum atomic E-state index is -0.566. The smallest absolute Gasteiger partial charge is 0.237 e. The fraction of sp³-hybridized carbons (Fsp3) is 0.440. The number of amides is 2. The largest absolute Gasteiger partial charge is 0.497 e. The van der Waals surface area contributed by atoms with Crippen LogP contribution in [0.2, 0.25) is 0 Å². The van der Waals surface area contributed by atoms with E-state index in [0.717, 1.165) is 16.9 Å². The van der Waals surface area contributed by atoms with Crippen molar-refractivity contribution in [2.75, 3.05) is 33.3 Å². The molecule has 6 nitrogen and oxygen atoms in total. The second-order valence-electron chi connectivity index (χ2n) is 8.56. The molecule has 0 radical (unpaired) electrons. The molecule has 0 aliphatic carbocycles. The van der Waals surface area contributed by atoms with Crippen LogP contribution >= 0.6 is 0 Å². The zero-order valence-corrected chi connectivity index (χ0v) is 18.9. The van der Waals surface area contributed by atoms with Gasteiger partial charge in [-0.25, -0.2) is 0 Å². The summed E-state index contributed by atoms with van der Waals surface area (Å²) in [4.78, 5) is 29.9. The van der Waals surface area contributed by atoms with Gasteiger partial charge in [-0.1, -0.05) is 42.5 Å². The number of ether oxygens (including phenoxy) is 1. The van der Waals surface area contributed by atoms with Crippen LogP contribution in [0.25, 0.3) is 0 Å². The van der Waals surface area contributed by atoms with Crippen molar-refractivity contribution < 1.29 is 14.3 Å². The highest BCUT2D eigenvalue weighted by Gasteiger charge is 2.36. The van der Waals surface area contributed by atoms with E-state index in [2.05, 4.69) is 10.2 Å². The van der Waals surface area contributed by atoms with Gasteiger partial charge >= 0.3 is 0 Å². The molecule has 1 aliphatic heterocycles. The molecule has 0 bridgehead atoms. The number of methoxy groups -OCH3 is 1.